The van der Waals surface area contributed by atoms with E-state index in [1.165, 1.54) is 0 Å². The Morgan fingerprint density at radius 1 is 1.00 bits per heavy atom. The summed E-state index contributed by atoms with van der Waals surface area (Å²) in [6, 6.07) is 21.2. The van der Waals surface area contributed by atoms with Gasteiger partial charge in [-0.1, -0.05) is 60.7 Å². The van der Waals surface area contributed by atoms with E-state index in [0.29, 0.717) is 32.0 Å². The van der Waals surface area contributed by atoms with Crippen molar-refractivity contribution in [2.75, 3.05) is 26.3 Å². The zero-order chi connectivity index (χ0) is 21.6. The highest BCUT2D eigenvalue weighted by atomic mass is 16.5. The molecule has 2 aromatic carbocycles. The lowest BCUT2D eigenvalue weighted by Gasteiger charge is -2.25. The Kier molecular flexibility index (Phi) is 6.43. The zero-order valence-electron chi connectivity index (χ0n) is 17.5. The Labute approximate surface area is 181 Å². The van der Waals surface area contributed by atoms with Crippen LogP contribution in [-0.4, -0.2) is 52.8 Å². The van der Waals surface area contributed by atoms with Crippen LogP contribution in [0.15, 0.2) is 66.7 Å². The maximum Gasteiger partial charge on any atom is 0.274 e. The van der Waals surface area contributed by atoms with Gasteiger partial charge in [-0.25, -0.2) is 0 Å². The van der Waals surface area contributed by atoms with E-state index in [1.807, 2.05) is 67.6 Å². The number of hydrogen-bond acceptors (Lipinski definition) is 4. The molecule has 2 amide bonds. The van der Waals surface area contributed by atoms with Crippen LogP contribution in [0.25, 0.3) is 0 Å². The maximum absolute atomic E-state index is 12.9. The predicted molar refractivity (Wildman–Crippen MR) is 117 cm³/mol. The van der Waals surface area contributed by atoms with E-state index in [1.54, 1.807) is 15.6 Å². The van der Waals surface area contributed by atoms with Crippen molar-refractivity contribution < 1.29 is 14.3 Å². The molecule has 7 heteroatoms. The van der Waals surface area contributed by atoms with E-state index in [0.717, 1.165) is 16.8 Å². The topological polar surface area (TPSA) is 76.5 Å². The minimum Gasteiger partial charge on any atom is -0.378 e. The van der Waals surface area contributed by atoms with Crippen LogP contribution in [0.1, 0.15) is 33.4 Å². The highest BCUT2D eigenvalue weighted by Crippen LogP contribution is 2.21. The van der Waals surface area contributed by atoms with Crippen molar-refractivity contribution in [1.82, 2.24) is 20.0 Å². The van der Waals surface area contributed by atoms with Gasteiger partial charge in [0.25, 0.3) is 5.91 Å². The summed E-state index contributed by atoms with van der Waals surface area (Å²) in [5.41, 5.74) is 3.13. The van der Waals surface area contributed by atoms with Gasteiger partial charge in [0.05, 0.1) is 19.3 Å². The largest absolute Gasteiger partial charge is 0.378 e. The fourth-order valence-corrected chi connectivity index (χ4v) is 3.70. The van der Waals surface area contributed by atoms with Crippen LogP contribution in [-0.2, 0) is 16.1 Å². The van der Waals surface area contributed by atoms with E-state index in [4.69, 9.17) is 4.74 Å². The number of benzene rings is 2. The van der Waals surface area contributed by atoms with Gasteiger partial charge in [-0.15, -0.1) is 0 Å². The van der Waals surface area contributed by atoms with E-state index in [9.17, 15) is 9.59 Å². The van der Waals surface area contributed by atoms with E-state index < -0.39 is 0 Å². The molecular weight excluding hydrogens is 392 g/mol. The van der Waals surface area contributed by atoms with E-state index in [2.05, 4.69) is 10.4 Å². The Hall–Kier alpha value is -3.45. The van der Waals surface area contributed by atoms with Gasteiger partial charge in [0.15, 0.2) is 5.69 Å². The number of carbonyl (C=O) groups excluding carboxylic acids is 2. The van der Waals surface area contributed by atoms with Gasteiger partial charge in [0.1, 0.15) is 6.54 Å². The molecule has 2 heterocycles. The molecule has 0 aliphatic carbocycles. The number of rotatable bonds is 6. The third kappa shape index (κ3) is 5.00. The number of morpholine rings is 1. The van der Waals surface area contributed by atoms with E-state index >= 15 is 0 Å². The molecule has 31 heavy (non-hydrogen) atoms. The Morgan fingerprint density at radius 3 is 2.16 bits per heavy atom. The van der Waals surface area contributed by atoms with Gasteiger partial charge in [-0.3, -0.25) is 14.3 Å². The SMILES string of the molecule is Cc1cc(C(=O)N2CCOCC2)nn1CC(=O)NC(c1ccccc1)c1ccccc1. The summed E-state index contributed by atoms with van der Waals surface area (Å²) < 4.78 is 6.88. The molecule has 0 bridgehead atoms. The van der Waals surface area contributed by atoms with Gasteiger partial charge in [0.2, 0.25) is 5.91 Å². The molecule has 1 saturated heterocycles. The molecule has 1 fully saturated rings. The van der Waals surface area contributed by atoms with Crippen molar-refractivity contribution in [2.45, 2.75) is 19.5 Å². The van der Waals surface area contributed by atoms with Gasteiger partial charge in [-0.2, -0.15) is 5.10 Å². The van der Waals surface area contributed by atoms with Gasteiger partial charge in [-0.05, 0) is 24.1 Å². The number of amides is 2. The summed E-state index contributed by atoms with van der Waals surface area (Å²) in [6.07, 6.45) is 0. The first-order chi connectivity index (χ1) is 15.1. The Balaban J connectivity index is 1.48. The van der Waals surface area contributed by atoms with Crippen molar-refractivity contribution in [3.05, 3.63) is 89.2 Å². The lowest BCUT2D eigenvalue weighted by atomic mass is 9.99. The summed E-state index contributed by atoms with van der Waals surface area (Å²) in [6.45, 7) is 4.07. The number of hydrogen-bond donors (Lipinski definition) is 1. The molecule has 0 radical (unpaired) electrons. The molecule has 0 unspecified atom stereocenters. The minimum atomic E-state index is -0.264. The summed E-state index contributed by atoms with van der Waals surface area (Å²) in [5, 5.41) is 7.52. The maximum atomic E-state index is 12.9. The molecule has 3 aromatic rings. The quantitative estimate of drug-likeness (QED) is 0.668. The molecule has 1 aliphatic heterocycles. The smallest absolute Gasteiger partial charge is 0.274 e. The summed E-state index contributed by atoms with van der Waals surface area (Å²) >= 11 is 0. The summed E-state index contributed by atoms with van der Waals surface area (Å²) in [4.78, 5) is 27.3. The third-order valence-electron chi connectivity index (χ3n) is 5.36. The number of ether oxygens (including phenoxy) is 1. The Morgan fingerprint density at radius 2 is 1.58 bits per heavy atom. The molecule has 4 rings (SSSR count). The van der Waals surface area contributed by atoms with Crippen LogP contribution in [0.5, 0.6) is 0 Å². The highest BCUT2D eigenvalue weighted by Gasteiger charge is 2.23. The standard InChI is InChI=1S/C24H26N4O3/c1-18-16-21(24(30)27-12-14-31-15-13-27)26-28(18)17-22(29)25-23(19-8-4-2-5-9-19)20-10-6-3-7-11-20/h2-11,16,23H,12-15,17H2,1H3,(H,25,29). The fourth-order valence-electron chi connectivity index (χ4n) is 3.70. The second kappa shape index (κ2) is 9.57. The van der Waals surface area contributed by atoms with Crippen molar-refractivity contribution in [1.29, 1.82) is 0 Å². The van der Waals surface area contributed by atoms with Gasteiger partial charge < -0.3 is 15.0 Å². The average molecular weight is 418 g/mol. The van der Waals surface area contributed by atoms with Crippen LogP contribution in [0.4, 0.5) is 0 Å². The lowest BCUT2D eigenvalue weighted by molar-refractivity contribution is -0.122. The summed E-state index contributed by atoms with van der Waals surface area (Å²) in [5.74, 6) is -0.300. The molecule has 0 saturated carbocycles. The van der Waals surface area contributed by atoms with Crippen LogP contribution in [0.3, 0.4) is 0 Å². The molecule has 0 atom stereocenters. The first-order valence-electron chi connectivity index (χ1n) is 10.4. The molecular formula is C24H26N4O3. The first kappa shape index (κ1) is 20.8. The number of aryl methyl sites for hydroxylation is 1. The van der Waals surface area contributed by atoms with Crippen LogP contribution in [0.2, 0.25) is 0 Å². The molecule has 1 aliphatic rings. The number of aromatic nitrogens is 2. The van der Waals surface area contributed by atoms with Crippen LogP contribution in [0, 0.1) is 6.92 Å². The van der Waals surface area contributed by atoms with Crippen molar-refractivity contribution in [3.8, 4) is 0 Å². The second-order valence-corrected chi connectivity index (χ2v) is 7.56. The van der Waals surface area contributed by atoms with E-state index in [-0.39, 0.29) is 24.4 Å². The minimum absolute atomic E-state index is 0.0401. The first-order valence-corrected chi connectivity index (χ1v) is 10.4. The van der Waals surface area contributed by atoms with Crippen molar-refractivity contribution in [3.63, 3.8) is 0 Å². The number of nitrogens with one attached hydrogen (secondary N) is 1. The molecule has 1 N–H and O–H groups in total. The second-order valence-electron chi connectivity index (χ2n) is 7.56. The summed E-state index contributed by atoms with van der Waals surface area (Å²) in [7, 11) is 0. The van der Waals surface area contributed by atoms with Gasteiger partial charge in [0, 0.05) is 18.8 Å². The highest BCUT2D eigenvalue weighted by molar-refractivity contribution is 5.92. The third-order valence-corrected chi connectivity index (χ3v) is 5.36. The zero-order valence-corrected chi connectivity index (χ0v) is 17.5. The van der Waals surface area contributed by atoms with Gasteiger partial charge >= 0.3 is 0 Å². The van der Waals surface area contributed by atoms with Crippen LogP contribution >= 0.6 is 0 Å². The number of carbonyl (C=O) groups is 2. The fraction of sp³-hybridized carbons (Fsp3) is 0.292. The predicted octanol–water partition coefficient (Wildman–Crippen LogP) is 2.57. The number of nitrogens with zero attached hydrogens (tertiary/aromatic N) is 3. The monoisotopic (exact) mass is 418 g/mol. The van der Waals surface area contributed by atoms with Crippen LogP contribution < -0.4 is 5.32 Å². The molecule has 160 valence electrons. The van der Waals surface area contributed by atoms with Crippen molar-refractivity contribution >= 4 is 11.8 Å². The molecule has 0 spiro atoms. The van der Waals surface area contributed by atoms with Crippen molar-refractivity contribution in [2.24, 2.45) is 0 Å². The molecule has 7 nitrogen and oxygen atoms in total. The molecule has 1 aromatic heterocycles. The normalized spacial score (nSPS) is 13.9. The average Bonchev–Trinajstić information content (AvgIpc) is 3.18. The lowest BCUT2D eigenvalue weighted by Crippen LogP contribution is -2.41. The Bertz CT molecular complexity index is 988.